The predicted octanol–water partition coefficient (Wildman–Crippen LogP) is 3.66. The first-order valence-corrected chi connectivity index (χ1v) is 10.3. The molecule has 152 valence electrons. The van der Waals surface area contributed by atoms with Gasteiger partial charge in [-0.2, -0.15) is 0 Å². The number of aryl methyl sites for hydroxylation is 1. The van der Waals surface area contributed by atoms with Crippen molar-refractivity contribution in [3.05, 3.63) is 29.6 Å². The number of carbonyl (C=O) groups is 2. The van der Waals surface area contributed by atoms with Crippen molar-refractivity contribution in [1.82, 2.24) is 4.90 Å². The Bertz CT molecular complexity index is 754. The molecule has 0 unspecified atom stereocenters. The van der Waals surface area contributed by atoms with Crippen LogP contribution in [0, 0.1) is 24.1 Å². The summed E-state index contributed by atoms with van der Waals surface area (Å²) < 4.78 is 19.0. The fraction of sp³-hybridized carbons (Fsp3) is 0.636. The third-order valence-corrected chi connectivity index (χ3v) is 6.51. The molecule has 0 radical (unpaired) electrons. The van der Waals surface area contributed by atoms with Crippen molar-refractivity contribution < 1.29 is 18.7 Å². The molecule has 2 aliphatic carbocycles. The number of rotatable bonds is 5. The van der Waals surface area contributed by atoms with Crippen LogP contribution in [0.4, 0.5) is 10.1 Å². The molecule has 3 aliphatic rings. The van der Waals surface area contributed by atoms with Gasteiger partial charge in [0.15, 0.2) is 0 Å². The zero-order chi connectivity index (χ0) is 19.9. The van der Waals surface area contributed by atoms with Crippen molar-refractivity contribution in [3.8, 4) is 0 Å². The van der Waals surface area contributed by atoms with E-state index in [-0.39, 0.29) is 34.6 Å². The minimum Gasteiger partial charge on any atom is -0.458 e. The molecule has 2 saturated carbocycles. The molecule has 1 N–H and O–H groups in total. The monoisotopic (exact) mass is 388 g/mol. The van der Waals surface area contributed by atoms with E-state index >= 15 is 0 Å². The molecule has 1 heterocycles. The molecule has 1 aromatic rings. The second-order valence-corrected chi connectivity index (χ2v) is 9.35. The minimum atomic E-state index is -0.332. The highest BCUT2D eigenvalue weighted by molar-refractivity contribution is 5.92. The van der Waals surface area contributed by atoms with Crippen LogP contribution in [0.1, 0.15) is 51.0 Å². The van der Waals surface area contributed by atoms with E-state index in [2.05, 4.69) is 10.2 Å². The van der Waals surface area contributed by atoms with Gasteiger partial charge in [0.25, 0.3) is 0 Å². The normalized spacial score (nSPS) is 23.1. The Morgan fingerprint density at radius 1 is 1.18 bits per heavy atom. The maximum atomic E-state index is 13.5. The maximum Gasteiger partial charge on any atom is 0.320 e. The molecule has 1 aromatic carbocycles. The van der Waals surface area contributed by atoms with E-state index in [1.165, 1.54) is 12.1 Å². The van der Waals surface area contributed by atoms with Crippen molar-refractivity contribution >= 4 is 17.6 Å². The summed E-state index contributed by atoms with van der Waals surface area (Å²) in [5, 5.41) is 2.87. The number of esters is 1. The largest absolute Gasteiger partial charge is 0.458 e. The van der Waals surface area contributed by atoms with Gasteiger partial charge in [-0.25, -0.2) is 4.39 Å². The fourth-order valence-electron chi connectivity index (χ4n) is 4.64. The van der Waals surface area contributed by atoms with Crippen molar-refractivity contribution in [2.45, 2.75) is 58.0 Å². The number of benzene rings is 1. The first-order valence-electron chi connectivity index (χ1n) is 10.3. The summed E-state index contributed by atoms with van der Waals surface area (Å²) in [6.07, 6.45) is 5.63. The predicted molar refractivity (Wildman–Crippen MR) is 104 cm³/mol. The molecule has 0 bridgehead atoms. The van der Waals surface area contributed by atoms with Gasteiger partial charge < -0.3 is 10.1 Å². The van der Waals surface area contributed by atoms with Gasteiger partial charge in [-0.1, -0.05) is 0 Å². The highest BCUT2D eigenvalue weighted by atomic mass is 19.1. The summed E-state index contributed by atoms with van der Waals surface area (Å²) in [6.45, 7) is 6.00. The smallest absolute Gasteiger partial charge is 0.320 e. The van der Waals surface area contributed by atoms with Gasteiger partial charge in [-0.15, -0.1) is 0 Å². The second kappa shape index (κ2) is 7.14. The van der Waals surface area contributed by atoms with Gasteiger partial charge in [-0.05, 0) is 81.5 Å². The van der Waals surface area contributed by atoms with Crippen LogP contribution in [0.15, 0.2) is 18.2 Å². The molecule has 0 aromatic heterocycles. The molecular weight excluding hydrogens is 359 g/mol. The van der Waals surface area contributed by atoms with Crippen LogP contribution in [0.2, 0.25) is 0 Å². The molecule has 6 heteroatoms. The summed E-state index contributed by atoms with van der Waals surface area (Å²) in [4.78, 5) is 26.7. The first kappa shape index (κ1) is 19.4. The van der Waals surface area contributed by atoms with Gasteiger partial charge >= 0.3 is 5.97 Å². The summed E-state index contributed by atoms with van der Waals surface area (Å²) in [6, 6.07) is 4.60. The highest BCUT2D eigenvalue weighted by Crippen LogP contribution is 2.46. The van der Waals surface area contributed by atoms with Crippen molar-refractivity contribution in [2.75, 3.05) is 25.0 Å². The molecular formula is C22H29FN2O3. The maximum absolute atomic E-state index is 13.5. The topological polar surface area (TPSA) is 58.6 Å². The van der Waals surface area contributed by atoms with Crippen LogP contribution in [0.3, 0.4) is 0 Å². The van der Waals surface area contributed by atoms with E-state index in [1.807, 2.05) is 13.8 Å². The lowest BCUT2D eigenvalue weighted by atomic mass is 9.65. The molecule has 0 atom stereocenters. The SMILES string of the molecule is Cc1cc(F)cc(NC(=O)C2CCC3(CC2)CN(CC(=O)OC2(C)CC2)C3)c1. The Kier molecular flexibility index (Phi) is 4.94. The first-order chi connectivity index (χ1) is 13.2. The number of nitrogens with one attached hydrogen (secondary N) is 1. The molecule has 1 amide bonds. The molecule has 1 spiro atoms. The average molecular weight is 388 g/mol. The zero-order valence-electron chi connectivity index (χ0n) is 16.7. The van der Waals surface area contributed by atoms with E-state index in [9.17, 15) is 14.0 Å². The Labute approximate surface area is 165 Å². The Hall–Kier alpha value is -1.95. The van der Waals surface area contributed by atoms with Gasteiger partial charge in [0.2, 0.25) is 5.91 Å². The van der Waals surface area contributed by atoms with Crippen LogP contribution in [0.25, 0.3) is 0 Å². The van der Waals surface area contributed by atoms with Gasteiger partial charge in [-0.3, -0.25) is 14.5 Å². The fourth-order valence-corrected chi connectivity index (χ4v) is 4.64. The van der Waals surface area contributed by atoms with Crippen LogP contribution >= 0.6 is 0 Å². The number of likely N-dealkylation sites (tertiary alicyclic amines) is 1. The Morgan fingerprint density at radius 2 is 1.86 bits per heavy atom. The van der Waals surface area contributed by atoms with E-state index in [1.54, 1.807) is 6.07 Å². The zero-order valence-corrected chi connectivity index (χ0v) is 16.7. The van der Waals surface area contributed by atoms with Gasteiger partial charge in [0.1, 0.15) is 11.4 Å². The number of anilines is 1. The van der Waals surface area contributed by atoms with E-state index < -0.39 is 0 Å². The number of hydrogen-bond donors (Lipinski definition) is 1. The molecule has 1 saturated heterocycles. The van der Waals surface area contributed by atoms with Crippen molar-refractivity contribution in [1.29, 1.82) is 0 Å². The number of halogens is 1. The minimum absolute atomic E-state index is 0.0164. The molecule has 1 aliphatic heterocycles. The third kappa shape index (κ3) is 4.37. The number of nitrogens with zero attached hydrogens (tertiary/aromatic N) is 1. The molecule has 4 rings (SSSR count). The number of amides is 1. The lowest BCUT2D eigenvalue weighted by Gasteiger charge is -2.53. The standard InChI is InChI=1S/C22H29FN2O3/c1-15-9-17(23)11-18(10-15)24-20(27)16-3-5-22(6-4-16)13-25(14-22)12-19(26)28-21(2)7-8-21/h9-11,16H,3-8,12-14H2,1-2H3,(H,24,27). The lowest BCUT2D eigenvalue weighted by molar-refractivity contribution is -0.155. The van der Waals surface area contributed by atoms with Gasteiger partial charge in [0.05, 0.1) is 6.54 Å². The summed E-state index contributed by atoms with van der Waals surface area (Å²) in [5.74, 6) is -0.490. The number of ether oxygens (including phenoxy) is 1. The van der Waals surface area contributed by atoms with Crippen LogP contribution in [0.5, 0.6) is 0 Å². The Morgan fingerprint density at radius 3 is 2.46 bits per heavy atom. The molecule has 3 fully saturated rings. The summed E-state index contributed by atoms with van der Waals surface area (Å²) in [5.41, 5.74) is 1.36. The third-order valence-electron chi connectivity index (χ3n) is 6.51. The van der Waals surface area contributed by atoms with E-state index in [0.29, 0.717) is 12.2 Å². The average Bonchev–Trinajstić information content (AvgIpc) is 3.29. The number of carbonyl (C=O) groups excluding carboxylic acids is 2. The molecule has 5 nitrogen and oxygen atoms in total. The van der Waals surface area contributed by atoms with Crippen LogP contribution in [-0.2, 0) is 14.3 Å². The van der Waals surface area contributed by atoms with Crippen molar-refractivity contribution in [3.63, 3.8) is 0 Å². The summed E-state index contributed by atoms with van der Waals surface area (Å²) >= 11 is 0. The van der Waals surface area contributed by atoms with Crippen molar-refractivity contribution in [2.24, 2.45) is 11.3 Å². The van der Waals surface area contributed by atoms with Gasteiger partial charge in [0, 0.05) is 24.7 Å². The Balaban J connectivity index is 1.21. The summed E-state index contributed by atoms with van der Waals surface area (Å²) in [7, 11) is 0. The molecule has 28 heavy (non-hydrogen) atoms. The van der Waals surface area contributed by atoms with Crippen LogP contribution in [-0.4, -0.2) is 42.0 Å². The van der Waals surface area contributed by atoms with E-state index in [0.717, 1.165) is 57.2 Å². The highest BCUT2D eigenvalue weighted by Gasteiger charge is 2.47. The number of hydrogen-bond acceptors (Lipinski definition) is 4. The second-order valence-electron chi connectivity index (χ2n) is 9.35. The quantitative estimate of drug-likeness (QED) is 0.782. The van der Waals surface area contributed by atoms with Crippen LogP contribution < -0.4 is 5.32 Å². The lowest BCUT2D eigenvalue weighted by Crippen LogP contribution is -2.59. The van der Waals surface area contributed by atoms with E-state index in [4.69, 9.17) is 4.74 Å².